The minimum atomic E-state index is 0.00390. The summed E-state index contributed by atoms with van der Waals surface area (Å²) < 4.78 is 17.3. The molecule has 4 nitrogen and oxygen atoms in total. The highest BCUT2D eigenvalue weighted by molar-refractivity contribution is 5.40. The van der Waals surface area contributed by atoms with Gasteiger partial charge in [0.15, 0.2) is 17.6 Å². The van der Waals surface area contributed by atoms with Gasteiger partial charge in [0.1, 0.15) is 6.61 Å². The fraction of sp³-hybridized carbons (Fsp3) is 0.625. The highest BCUT2D eigenvalue weighted by Crippen LogP contribution is 2.30. The van der Waals surface area contributed by atoms with Crippen LogP contribution >= 0.6 is 0 Å². The molecule has 0 spiro atoms. The van der Waals surface area contributed by atoms with E-state index in [0.29, 0.717) is 19.3 Å². The van der Waals surface area contributed by atoms with Crippen molar-refractivity contribution in [3.8, 4) is 11.5 Å². The second-order valence-corrected chi connectivity index (χ2v) is 5.51. The molecule has 2 heterocycles. The van der Waals surface area contributed by atoms with Crippen LogP contribution in [0.15, 0.2) is 24.3 Å². The molecule has 1 aromatic rings. The maximum Gasteiger partial charge on any atom is 0.161 e. The topological polar surface area (TPSA) is 39.7 Å². The Kier molecular flexibility index (Phi) is 4.77. The Morgan fingerprint density at radius 2 is 2.10 bits per heavy atom. The Labute approximate surface area is 120 Å². The summed E-state index contributed by atoms with van der Waals surface area (Å²) in [4.78, 5) is 0. The summed E-state index contributed by atoms with van der Waals surface area (Å²) in [5.41, 5.74) is 0. The summed E-state index contributed by atoms with van der Waals surface area (Å²) in [5.74, 6) is 1.65. The second-order valence-electron chi connectivity index (χ2n) is 5.51. The quantitative estimate of drug-likeness (QED) is 0.839. The summed E-state index contributed by atoms with van der Waals surface area (Å²) in [5, 5.41) is 3.53. The first-order valence-electron chi connectivity index (χ1n) is 7.61. The first-order chi connectivity index (χ1) is 9.92. The highest BCUT2D eigenvalue weighted by Gasteiger charge is 2.20. The Morgan fingerprint density at radius 3 is 2.95 bits per heavy atom. The fourth-order valence-corrected chi connectivity index (χ4v) is 2.76. The van der Waals surface area contributed by atoms with Crippen LogP contribution in [-0.2, 0) is 4.74 Å². The van der Waals surface area contributed by atoms with Crippen LogP contribution in [0.2, 0.25) is 0 Å². The number of benzene rings is 1. The van der Waals surface area contributed by atoms with Gasteiger partial charge in [0.25, 0.3) is 0 Å². The van der Waals surface area contributed by atoms with Gasteiger partial charge in [-0.2, -0.15) is 0 Å². The number of ether oxygens (including phenoxy) is 3. The number of fused-ring (bicyclic) bond motifs is 1. The molecule has 2 unspecified atom stereocenters. The normalized spacial score (nSPS) is 25.4. The molecule has 1 aromatic carbocycles. The van der Waals surface area contributed by atoms with Gasteiger partial charge in [0, 0.05) is 12.6 Å². The smallest absolute Gasteiger partial charge is 0.161 e. The van der Waals surface area contributed by atoms with Crippen LogP contribution in [0, 0.1) is 0 Å². The molecule has 0 radical (unpaired) electrons. The van der Waals surface area contributed by atoms with Crippen molar-refractivity contribution in [3.05, 3.63) is 24.3 Å². The van der Waals surface area contributed by atoms with E-state index in [-0.39, 0.29) is 6.10 Å². The summed E-state index contributed by atoms with van der Waals surface area (Å²) in [6, 6.07) is 8.42. The monoisotopic (exact) mass is 277 g/mol. The van der Waals surface area contributed by atoms with Crippen LogP contribution in [-0.4, -0.2) is 38.5 Å². The largest absolute Gasteiger partial charge is 0.486 e. The third-order valence-corrected chi connectivity index (χ3v) is 3.89. The standard InChI is InChI=1S/C16H23NO3/c1-2-7-16-15(6-1)19-12-14(20-16)11-18-10-8-13-5-3-4-9-17-13/h1-2,6-7,13-14,17H,3-5,8-12H2. The third-order valence-electron chi connectivity index (χ3n) is 3.89. The summed E-state index contributed by atoms with van der Waals surface area (Å²) in [6.45, 7) is 3.11. The maximum atomic E-state index is 5.86. The molecular weight excluding hydrogens is 254 g/mol. The average molecular weight is 277 g/mol. The van der Waals surface area contributed by atoms with Gasteiger partial charge in [-0.1, -0.05) is 18.6 Å². The molecule has 3 rings (SSSR count). The van der Waals surface area contributed by atoms with Crippen molar-refractivity contribution in [2.24, 2.45) is 0 Å². The van der Waals surface area contributed by atoms with Gasteiger partial charge in [-0.25, -0.2) is 0 Å². The molecule has 110 valence electrons. The predicted molar refractivity (Wildman–Crippen MR) is 77.4 cm³/mol. The predicted octanol–water partition coefficient (Wildman–Crippen LogP) is 2.38. The molecule has 1 fully saturated rings. The van der Waals surface area contributed by atoms with Gasteiger partial charge in [-0.15, -0.1) is 0 Å². The number of hydrogen-bond donors (Lipinski definition) is 1. The minimum Gasteiger partial charge on any atom is -0.486 e. The minimum absolute atomic E-state index is 0.00390. The van der Waals surface area contributed by atoms with Crippen molar-refractivity contribution in [3.63, 3.8) is 0 Å². The van der Waals surface area contributed by atoms with Crippen LogP contribution in [0.5, 0.6) is 11.5 Å². The number of para-hydroxylation sites is 2. The van der Waals surface area contributed by atoms with Crippen molar-refractivity contribution >= 4 is 0 Å². The van der Waals surface area contributed by atoms with E-state index < -0.39 is 0 Å². The first kappa shape index (κ1) is 13.7. The maximum absolute atomic E-state index is 5.86. The van der Waals surface area contributed by atoms with Gasteiger partial charge in [-0.3, -0.25) is 0 Å². The van der Waals surface area contributed by atoms with E-state index in [1.54, 1.807) is 0 Å². The van der Waals surface area contributed by atoms with Crippen molar-refractivity contribution in [1.82, 2.24) is 5.32 Å². The SMILES string of the molecule is c1ccc2c(c1)OCC(COCCC1CCCCN1)O2. The van der Waals surface area contributed by atoms with Crippen molar-refractivity contribution in [2.75, 3.05) is 26.4 Å². The lowest BCUT2D eigenvalue weighted by molar-refractivity contribution is 0.00599. The van der Waals surface area contributed by atoms with Crippen LogP contribution in [0.4, 0.5) is 0 Å². The lowest BCUT2D eigenvalue weighted by atomic mass is 10.0. The summed E-state index contributed by atoms with van der Waals surface area (Å²) in [7, 11) is 0. The zero-order valence-electron chi connectivity index (χ0n) is 11.8. The lowest BCUT2D eigenvalue weighted by Crippen LogP contribution is -2.36. The number of piperidine rings is 1. The van der Waals surface area contributed by atoms with Crippen LogP contribution < -0.4 is 14.8 Å². The van der Waals surface area contributed by atoms with E-state index in [1.165, 1.54) is 19.3 Å². The molecule has 0 aromatic heterocycles. The van der Waals surface area contributed by atoms with E-state index in [2.05, 4.69) is 5.32 Å². The van der Waals surface area contributed by atoms with E-state index in [9.17, 15) is 0 Å². The molecule has 20 heavy (non-hydrogen) atoms. The molecule has 2 aliphatic rings. The Hall–Kier alpha value is -1.26. The molecule has 2 aliphatic heterocycles. The van der Waals surface area contributed by atoms with Gasteiger partial charge in [0.2, 0.25) is 0 Å². The molecule has 0 amide bonds. The van der Waals surface area contributed by atoms with Crippen molar-refractivity contribution in [1.29, 1.82) is 0 Å². The first-order valence-corrected chi connectivity index (χ1v) is 7.61. The second kappa shape index (κ2) is 6.95. The zero-order chi connectivity index (χ0) is 13.6. The highest BCUT2D eigenvalue weighted by atomic mass is 16.6. The van der Waals surface area contributed by atoms with E-state index in [4.69, 9.17) is 14.2 Å². The molecule has 2 atom stereocenters. The Bertz CT molecular complexity index is 418. The van der Waals surface area contributed by atoms with E-state index >= 15 is 0 Å². The molecule has 0 bridgehead atoms. The zero-order valence-corrected chi connectivity index (χ0v) is 11.8. The third kappa shape index (κ3) is 3.64. The Balaban J connectivity index is 1.35. The van der Waals surface area contributed by atoms with Crippen molar-refractivity contribution in [2.45, 2.75) is 37.8 Å². The molecule has 4 heteroatoms. The molecule has 0 saturated carbocycles. The number of nitrogens with one attached hydrogen (secondary N) is 1. The lowest BCUT2D eigenvalue weighted by Gasteiger charge is -2.27. The van der Waals surface area contributed by atoms with Gasteiger partial charge in [-0.05, 0) is 37.9 Å². The average Bonchev–Trinajstić information content (AvgIpc) is 2.52. The van der Waals surface area contributed by atoms with Crippen LogP contribution in [0.1, 0.15) is 25.7 Å². The summed E-state index contributed by atoms with van der Waals surface area (Å²) in [6.07, 6.45) is 5.02. The van der Waals surface area contributed by atoms with Gasteiger partial charge >= 0.3 is 0 Å². The molecular formula is C16H23NO3. The van der Waals surface area contributed by atoms with E-state index in [0.717, 1.165) is 31.1 Å². The molecule has 1 N–H and O–H groups in total. The Morgan fingerprint density at radius 1 is 1.20 bits per heavy atom. The van der Waals surface area contributed by atoms with Gasteiger partial charge < -0.3 is 19.5 Å². The van der Waals surface area contributed by atoms with Crippen LogP contribution in [0.25, 0.3) is 0 Å². The van der Waals surface area contributed by atoms with Gasteiger partial charge in [0.05, 0.1) is 6.61 Å². The summed E-state index contributed by atoms with van der Waals surface area (Å²) >= 11 is 0. The molecule has 1 saturated heterocycles. The van der Waals surface area contributed by atoms with E-state index in [1.807, 2.05) is 24.3 Å². The molecule has 0 aliphatic carbocycles. The number of rotatable bonds is 5. The van der Waals surface area contributed by atoms with Crippen molar-refractivity contribution < 1.29 is 14.2 Å². The number of hydrogen-bond acceptors (Lipinski definition) is 4. The van der Waals surface area contributed by atoms with Crippen LogP contribution in [0.3, 0.4) is 0 Å². The fourth-order valence-electron chi connectivity index (χ4n) is 2.76.